The lowest BCUT2D eigenvalue weighted by Crippen LogP contribution is -2.08. The fourth-order valence-electron chi connectivity index (χ4n) is 1.93. The summed E-state index contributed by atoms with van der Waals surface area (Å²) in [6.07, 6.45) is 2.62. The third-order valence-electron chi connectivity index (χ3n) is 3.01. The van der Waals surface area contributed by atoms with Crippen LogP contribution in [0.25, 0.3) is 0 Å². The summed E-state index contributed by atoms with van der Waals surface area (Å²) in [4.78, 5) is 12.0. The summed E-state index contributed by atoms with van der Waals surface area (Å²) in [5.41, 5.74) is 2.68. The molecule has 3 nitrogen and oxygen atoms in total. The van der Waals surface area contributed by atoms with Crippen molar-refractivity contribution >= 4 is 5.97 Å². The SMILES string of the molecule is C=CCc1ccc(C(=O)Oc2ccc(COC)cc2)cc1. The summed E-state index contributed by atoms with van der Waals surface area (Å²) in [6.45, 7) is 4.23. The minimum absolute atomic E-state index is 0.361. The topological polar surface area (TPSA) is 35.5 Å². The van der Waals surface area contributed by atoms with Gasteiger partial charge in [0.15, 0.2) is 0 Å². The van der Waals surface area contributed by atoms with E-state index in [1.165, 1.54) is 0 Å². The molecular weight excluding hydrogens is 264 g/mol. The molecule has 108 valence electrons. The molecule has 21 heavy (non-hydrogen) atoms. The van der Waals surface area contributed by atoms with Gasteiger partial charge >= 0.3 is 5.97 Å². The number of hydrogen-bond donors (Lipinski definition) is 0. The number of methoxy groups -OCH3 is 1. The second-order valence-electron chi connectivity index (χ2n) is 4.66. The van der Waals surface area contributed by atoms with Gasteiger partial charge in [-0.05, 0) is 41.8 Å². The number of benzene rings is 2. The molecule has 0 aliphatic rings. The fourth-order valence-corrected chi connectivity index (χ4v) is 1.93. The Balaban J connectivity index is 2.01. The third-order valence-corrected chi connectivity index (χ3v) is 3.01. The molecule has 0 unspecified atom stereocenters. The number of carbonyl (C=O) groups excluding carboxylic acids is 1. The maximum Gasteiger partial charge on any atom is 0.343 e. The molecule has 2 rings (SSSR count). The van der Waals surface area contributed by atoms with Crippen LogP contribution in [0.2, 0.25) is 0 Å². The zero-order chi connectivity index (χ0) is 15.1. The normalized spacial score (nSPS) is 10.1. The minimum atomic E-state index is -0.361. The highest BCUT2D eigenvalue weighted by molar-refractivity contribution is 5.91. The number of hydrogen-bond acceptors (Lipinski definition) is 3. The maximum atomic E-state index is 12.0. The summed E-state index contributed by atoms with van der Waals surface area (Å²) in [5.74, 6) is 0.162. The summed E-state index contributed by atoms with van der Waals surface area (Å²) < 4.78 is 10.4. The lowest BCUT2D eigenvalue weighted by Gasteiger charge is -2.06. The van der Waals surface area contributed by atoms with Gasteiger partial charge < -0.3 is 9.47 Å². The van der Waals surface area contributed by atoms with Crippen LogP contribution in [-0.2, 0) is 17.8 Å². The van der Waals surface area contributed by atoms with Crippen molar-refractivity contribution in [2.75, 3.05) is 7.11 Å². The van der Waals surface area contributed by atoms with Crippen molar-refractivity contribution in [1.29, 1.82) is 0 Å². The Kier molecular flexibility index (Phi) is 5.29. The summed E-state index contributed by atoms with van der Waals surface area (Å²) in [7, 11) is 1.64. The highest BCUT2D eigenvalue weighted by Gasteiger charge is 2.08. The van der Waals surface area contributed by atoms with Crippen LogP contribution in [0.3, 0.4) is 0 Å². The third kappa shape index (κ3) is 4.29. The molecule has 0 atom stereocenters. The van der Waals surface area contributed by atoms with E-state index in [1.807, 2.05) is 30.3 Å². The van der Waals surface area contributed by atoms with Gasteiger partial charge in [0.05, 0.1) is 12.2 Å². The first-order valence-electron chi connectivity index (χ1n) is 6.73. The molecule has 3 heteroatoms. The Morgan fingerprint density at radius 3 is 2.24 bits per heavy atom. The van der Waals surface area contributed by atoms with E-state index in [4.69, 9.17) is 9.47 Å². The fraction of sp³-hybridized carbons (Fsp3) is 0.167. The van der Waals surface area contributed by atoms with E-state index in [0.717, 1.165) is 17.5 Å². The Labute approximate surface area is 124 Å². The van der Waals surface area contributed by atoms with Gasteiger partial charge in [0.1, 0.15) is 5.75 Å². The van der Waals surface area contributed by atoms with Crippen LogP contribution in [0, 0.1) is 0 Å². The van der Waals surface area contributed by atoms with Gasteiger partial charge in [0, 0.05) is 7.11 Å². The van der Waals surface area contributed by atoms with Gasteiger partial charge in [-0.15, -0.1) is 6.58 Å². The van der Waals surface area contributed by atoms with E-state index in [0.29, 0.717) is 17.9 Å². The Hall–Kier alpha value is -2.39. The molecule has 0 aromatic heterocycles. The van der Waals surface area contributed by atoms with E-state index in [9.17, 15) is 4.79 Å². The molecule has 0 amide bonds. The zero-order valence-electron chi connectivity index (χ0n) is 12.0. The quantitative estimate of drug-likeness (QED) is 0.459. The molecule has 0 radical (unpaired) electrons. The minimum Gasteiger partial charge on any atom is -0.423 e. The van der Waals surface area contributed by atoms with Crippen LogP contribution >= 0.6 is 0 Å². The van der Waals surface area contributed by atoms with E-state index in [1.54, 1.807) is 31.4 Å². The van der Waals surface area contributed by atoms with Gasteiger partial charge in [-0.3, -0.25) is 0 Å². The summed E-state index contributed by atoms with van der Waals surface area (Å²) in [6, 6.07) is 14.6. The smallest absolute Gasteiger partial charge is 0.343 e. The van der Waals surface area contributed by atoms with Crippen LogP contribution in [0.15, 0.2) is 61.2 Å². The molecule has 0 bridgehead atoms. The monoisotopic (exact) mass is 282 g/mol. The molecule has 0 saturated heterocycles. The molecule has 0 aliphatic heterocycles. The van der Waals surface area contributed by atoms with E-state index >= 15 is 0 Å². The van der Waals surface area contributed by atoms with Gasteiger partial charge in [-0.1, -0.05) is 30.3 Å². The van der Waals surface area contributed by atoms with Crippen LogP contribution < -0.4 is 4.74 Å². The first-order chi connectivity index (χ1) is 10.2. The maximum absolute atomic E-state index is 12.0. The molecule has 2 aromatic rings. The average molecular weight is 282 g/mol. The van der Waals surface area contributed by atoms with Crippen LogP contribution in [0.5, 0.6) is 5.75 Å². The Bertz CT molecular complexity index is 597. The zero-order valence-corrected chi connectivity index (χ0v) is 12.0. The highest BCUT2D eigenvalue weighted by atomic mass is 16.5. The first kappa shape index (κ1) is 15.0. The molecule has 0 aliphatic carbocycles. The largest absolute Gasteiger partial charge is 0.423 e. The number of rotatable bonds is 6. The lowest BCUT2D eigenvalue weighted by atomic mass is 10.1. The molecular formula is C18H18O3. The van der Waals surface area contributed by atoms with Crippen molar-refractivity contribution < 1.29 is 14.3 Å². The molecule has 0 N–H and O–H groups in total. The standard InChI is InChI=1S/C18H18O3/c1-3-4-14-5-9-16(10-6-14)18(19)21-17-11-7-15(8-12-17)13-20-2/h3,5-12H,1,4,13H2,2H3. The van der Waals surface area contributed by atoms with Crippen molar-refractivity contribution in [3.63, 3.8) is 0 Å². The highest BCUT2D eigenvalue weighted by Crippen LogP contribution is 2.15. The van der Waals surface area contributed by atoms with Crippen molar-refractivity contribution in [3.05, 3.63) is 77.9 Å². The van der Waals surface area contributed by atoms with E-state index in [-0.39, 0.29) is 5.97 Å². The number of allylic oxidation sites excluding steroid dienone is 1. The Morgan fingerprint density at radius 2 is 1.67 bits per heavy atom. The van der Waals surface area contributed by atoms with Gasteiger partial charge in [0.2, 0.25) is 0 Å². The molecule has 0 fully saturated rings. The van der Waals surface area contributed by atoms with Crippen LogP contribution in [-0.4, -0.2) is 13.1 Å². The van der Waals surface area contributed by atoms with Gasteiger partial charge in [-0.2, -0.15) is 0 Å². The van der Waals surface area contributed by atoms with Crippen molar-refractivity contribution in [2.24, 2.45) is 0 Å². The second kappa shape index (κ2) is 7.41. The molecule has 0 saturated carbocycles. The van der Waals surface area contributed by atoms with Gasteiger partial charge in [-0.25, -0.2) is 4.79 Å². The molecule has 0 heterocycles. The van der Waals surface area contributed by atoms with Gasteiger partial charge in [0.25, 0.3) is 0 Å². The predicted molar refractivity (Wildman–Crippen MR) is 82.5 cm³/mol. The number of ether oxygens (including phenoxy) is 2. The lowest BCUT2D eigenvalue weighted by molar-refractivity contribution is 0.0734. The van der Waals surface area contributed by atoms with Crippen molar-refractivity contribution in [1.82, 2.24) is 0 Å². The molecule has 2 aromatic carbocycles. The number of carbonyl (C=O) groups is 1. The van der Waals surface area contributed by atoms with Crippen LogP contribution in [0.1, 0.15) is 21.5 Å². The second-order valence-corrected chi connectivity index (χ2v) is 4.66. The van der Waals surface area contributed by atoms with E-state index < -0.39 is 0 Å². The predicted octanol–water partition coefficient (Wildman–Crippen LogP) is 3.78. The van der Waals surface area contributed by atoms with E-state index in [2.05, 4.69) is 6.58 Å². The van der Waals surface area contributed by atoms with Crippen molar-refractivity contribution in [2.45, 2.75) is 13.0 Å². The number of esters is 1. The first-order valence-corrected chi connectivity index (χ1v) is 6.73. The van der Waals surface area contributed by atoms with Crippen molar-refractivity contribution in [3.8, 4) is 5.75 Å². The average Bonchev–Trinajstić information content (AvgIpc) is 2.50. The Morgan fingerprint density at radius 1 is 1.05 bits per heavy atom. The van der Waals surface area contributed by atoms with Crippen LogP contribution in [0.4, 0.5) is 0 Å². The molecule has 0 spiro atoms. The summed E-state index contributed by atoms with van der Waals surface area (Å²) >= 11 is 0. The summed E-state index contributed by atoms with van der Waals surface area (Å²) in [5, 5.41) is 0.